The van der Waals surface area contributed by atoms with Crippen molar-refractivity contribution in [1.82, 2.24) is 9.97 Å². The molecule has 2 rings (SSSR count). The van der Waals surface area contributed by atoms with E-state index < -0.39 is 0 Å². The number of aromatic hydroxyl groups is 1. The van der Waals surface area contributed by atoms with Crippen molar-refractivity contribution in [3.63, 3.8) is 0 Å². The maximum Gasteiger partial charge on any atom is 0.144 e. The Balaban J connectivity index is 2.09. The quantitative estimate of drug-likeness (QED) is 0.907. The van der Waals surface area contributed by atoms with Crippen molar-refractivity contribution in [3.8, 4) is 5.75 Å². The average molecular weight is 280 g/mol. The molecule has 4 nitrogen and oxygen atoms in total. The van der Waals surface area contributed by atoms with Gasteiger partial charge in [-0.2, -0.15) is 0 Å². The van der Waals surface area contributed by atoms with Gasteiger partial charge in [0, 0.05) is 18.3 Å². The molecule has 16 heavy (non-hydrogen) atoms. The molecule has 82 valence electrons. The molecule has 1 aromatic carbocycles. The standard InChI is InChI=1S/C11H10BrN3O/c12-9-6-13-7-15-11(9)14-5-8-3-1-2-4-10(8)16/h1-4,6-7,16H,5H2,(H,13,14,15). The van der Waals surface area contributed by atoms with Crippen molar-refractivity contribution in [2.75, 3.05) is 5.32 Å². The Morgan fingerprint density at radius 3 is 2.88 bits per heavy atom. The average Bonchev–Trinajstić information content (AvgIpc) is 2.30. The minimum absolute atomic E-state index is 0.278. The summed E-state index contributed by atoms with van der Waals surface area (Å²) in [5.74, 6) is 0.985. The van der Waals surface area contributed by atoms with Crippen LogP contribution in [0.15, 0.2) is 41.3 Å². The molecule has 0 fully saturated rings. The van der Waals surface area contributed by atoms with E-state index in [0.717, 1.165) is 10.0 Å². The Morgan fingerprint density at radius 2 is 2.12 bits per heavy atom. The van der Waals surface area contributed by atoms with E-state index in [1.54, 1.807) is 18.3 Å². The Kier molecular flexibility index (Phi) is 3.36. The number of anilines is 1. The lowest BCUT2D eigenvalue weighted by Gasteiger charge is -2.07. The molecule has 1 aromatic heterocycles. The van der Waals surface area contributed by atoms with E-state index in [-0.39, 0.29) is 5.75 Å². The van der Waals surface area contributed by atoms with E-state index in [9.17, 15) is 5.11 Å². The molecule has 0 saturated heterocycles. The summed E-state index contributed by atoms with van der Waals surface area (Å²) < 4.78 is 0.797. The molecule has 0 spiro atoms. The zero-order chi connectivity index (χ0) is 11.4. The predicted octanol–water partition coefficient (Wildman–Crippen LogP) is 2.56. The zero-order valence-electron chi connectivity index (χ0n) is 8.39. The van der Waals surface area contributed by atoms with Gasteiger partial charge in [0.25, 0.3) is 0 Å². The topological polar surface area (TPSA) is 58.0 Å². The summed E-state index contributed by atoms with van der Waals surface area (Å²) in [5.41, 5.74) is 0.827. The number of nitrogens with one attached hydrogen (secondary N) is 1. The van der Waals surface area contributed by atoms with Crippen LogP contribution in [-0.2, 0) is 6.54 Å². The van der Waals surface area contributed by atoms with Crippen LogP contribution in [0.1, 0.15) is 5.56 Å². The van der Waals surface area contributed by atoms with Gasteiger partial charge in [0.15, 0.2) is 0 Å². The third-order valence-electron chi connectivity index (χ3n) is 2.11. The Hall–Kier alpha value is -1.62. The van der Waals surface area contributed by atoms with E-state index in [2.05, 4.69) is 31.2 Å². The van der Waals surface area contributed by atoms with Gasteiger partial charge in [0.1, 0.15) is 17.9 Å². The molecular formula is C11H10BrN3O. The van der Waals surface area contributed by atoms with Crippen molar-refractivity contribution in [2.45, 2.75) is 6.54 Å². The summed E-state index contributed by atoms with van der Waals surface area (Å²) in [7, 11) is 0. The summed E-state index contributed by atoms with van der Waals surface area (Å²) in [5, 5.41) is 12.7. The van der Waals surface area contributed by atoms with Crippen molar-refractivity contribution in [1.29, 1.82) is 0 Å². The maximum absolute atomic E-state index is 9.57. The van der Waals surface area contributed by atoms with Gasteiger partial charge in [0.05, 0.1) is 4.47 Å². The lowest BCUT2D eigenvalue weighted by molar-refractivity contribution is 0.469. The monoisotopic (exact) mass is 279 g/mol. The van der Waals surface area contributed by atoms with E-state index >= 15 is 0 Å². The predicted molar refractivity (Wildman–Crippen MR) is 65.2 cm³/mol. The van der Waals surface area contributed by atoms with Crippen LogP contribution in [0.25, 0.3) is 0 Å². The van der Waals surface area contributed by atoms with Crippen LogP contribution >= 0.6 is 15.9 Å². The molecule has 0 bridgehead atoms. The van der Waals surface area contributed by atoms with Crippen LogP contribution in [0, 0.1) is 0 Å². The van der Waals surface area contributed by atoms with E-state index in [4.69, 9.17) is 0 Å². The van der Waals surface area contributed by atoms with Gasteiger partial charge in [-0.3, -0.25) is 0 Å². The van der Waals surface area contributed by atoms with Gasteiger partial charge in [-0.15, -0.1) is 0 Å². The SMILES string of the molecule is Oc1ccccc1CNc1ncncc1Br. The van der Waals surface area contributed by atoms with Crippen LogP contribution in [0.4, 0.5) is 5.82 Å². The van der Waals surface area contributed by atoms with Crippen molar-refractivity contribution < 1.29 is 5.11 Å². The first-order valence-electron chi connectivity index (χ1n) is 4.73. The highest BCUT2D eigenvalue weighted by Gasteiger charge is 2.02. The molecule has 0 unspecified atom stereocenters. The number of phenols is 1. The molecule has 0 amide bonds. The lowest BCUT2D eigenvalue weighted by Crippen LogP contribution is -2.02. The fourth-order valence-corrected chi connectivity index (χ4v) is 1.64. The lowest BCUT2D eigenvalue weighted by atomic mass is 10.2. The highest BCUT2D eigenvalue weighted by atomic mass is 79.9. The number of hydrogen-bond acceptors (Lipinski definition) is 4. The third-order valence-corrected chi connectivity index (χ3v) is 2.69. The van der Waals surface area contributed by atoms with Crippen LogP contribution < -0.4 is 5.32 Å². The second-order valence-electron chi connectivity index (χ2n) is 3.20. The summed E-state index contributed by atoms with van der Waals surface area (Å²) in [6.07, 6.45) is 3.14. The van der Waals surface area contributed by atoms with Crippen LogP contribution in [0.5, 0.6) is 5.75 Å². The number of benzene rings is 1. The molecule has 0 aliphatic rings. The third kappa shape index (κ3) is 2.49. The van der Waals surface area contributed by atoms with Crippen molar-refractivity contribution in [3.05, 3.63) is 46.8 Å². The summed E-state index contributed by atoms with van der Waals surface area (Å²) in [6, 6.07) is 7.19. The van der Waals surface area contributed by atoms with Crippen molar-refractivity contribution in [2.24, 2.45) is 0 Å². The highest BCUT2D eigenvalue weighted by Crippen LogP contribution is 2.20. The van der Waals surface area contributed by atoms with E-state index in [1.165, 1.54) is 6.33 Å². The van der Waals surface area contributed by atoms with Gasteiger partial charge >= 0.3 is 0 Å². The first-order valence-corrected chi connectivity index (χ1v) is 5.53. The van der Waals surface area contributed by atoms with Crippen LogP contribution in [0.2, 0.25) is 0 Å². The zero-order valence-corrected chi connectivity index (χ0v) is 9.98. The maximum atomic E-state index is 9.57. The molecule has 0 aliphatic carbocycles. The minimum atomic E-state index is 0.278. The Morgan fingerprint density at radius 1 is 1.31 bits per heavy atom. The summed E-state index contributed by atoms with van der Waals surface area (Å²) >= 11 is 3.34. The second kappa shape index (κ2) is 4.94. The fourth-order valence-electron chi connectivity index (χ4n) is 1.28. The second-order valence-corrected chi connectivity index (χ2v) is 4.06. The molecule has 5 heteroatoms. The highest BCUT2D eigenvalue weighted by molar-refractivity contribution is 9.10. The molecule has 1 heterocycles. The molecule has 0 radical (unpaired) electrons. The first kappa shape index (κ1) is 10.9. The molecular weight excluding hydrogens is 270 g/mol. The Bertz CT molecular complexity index is 445. The number of rotatable bonds is 3. The molecule has 2 aromatic rings. The molecule has 0 aliphatic heterocycles. The van der Waals surface area contributed by atoms with Crippen LogP contribution in [-0.4, -0.2) is 15.1 Å². The summed E-state index contributed by atoms with van der Waals surface area (Å²) in [6.45, 7) is 0.516. The van der Waals surface area contributed by atoms with E-state index in [0.29, 0.717) is 12.4 Å². The normalized spacial score (nSPS) is 10.1. The van der Waals surface area contributed by atoms with Gasteiger partial charge in [-0.25, -0.2) is 9.97 Å². The molecule has 0 atom stereocenters. The number of nitrogens with zero attached hydrogens (tertiary/aromatic N) is 2. The van der Waals surface area contributed by atoms with Gasteiger partial charge in [-0.1, -0.05) is 18.2 Å². The Labute approximate surface area is 102 Å². The van der Waals surface area contributed by atoms with Crippen molar-refractivity contribution >= 4 is 21.7 Å². The van der Waals surface area contributed by atoms with Gasteiger partial charge < -0.3 is 10.4 Å². The van der Waals surface area contributed by atoms with Crippen LogP contribution in [0.3, 0.4) is 0 Å². The smallest absolute Gasteiger partial charge is 0.144 e. The molecule has 2 N–H and O–H groups in total. The minimum Gasteiger partial charge on any atom is -0.508 e. The van der Waals surface area contributed by atoms with Gasteiger partial charge in [-0.05, 0) is 22.0 Å². The first-order chi connectivity index (χ1) is 7.77. The number of aromatic nitrogens is 2. The summed E-state index contributed by atoms with van der Waals surface area (Å²) in [4.78, 5) is 7.94. The largest absolute Gasteiger partial charge is 0.508 e. The fraction of sp³-hybridized carbons (Fsp3) is 0.0909. The number of hydrogen-bond donors (Lipinski definition) is 2. The molecule has 0 saturated carbocycles. The number of halogens is 1. The number of phenolic OH excluding ortho intramolecular Hbond substituents is 1. The van der Waals surface area contributed by atoms with E-state index in [1.807, 2.05) is 12.1 Å². The van der Waals surface area contributed by atoms with Gasteiger partial charge in [0.2, 0.25) is 0 Å². The number of para-hydroxylation sites is 1.